The van der Waals surface area contributed by atoms with Crippen molar-refractivity contribution in [2.75, 3.05) is 25.5 Å². The second-order valence-corrected chi connectivity index (χ2v) is 7.73. The van der Waals surface area contributed by atoms with Gasteiger partial charge >= 0.3 is 0 Å². The Kier molecular flexibility index (Phi) is 5.56. The van der Waals surface area contributed by atoms with E-state index in [0.29, 0.717) is 5.69 Å². The van der Waals surface area contributed by atoms with Crippen LogP contribution >= 0.6 is 0 Å². The Hall–Kier alpha value is -3.52. The topological polar surface area (TPSA) is 98.8 Å². The van der Waals surface area contributed by atoms with Gasteiger partial charge in [-0.15, -0.1) is 0 Å². The van der Waals surface area contributed by atoms with Crippen molar-refractivity contribution in [2.24, 2.45) is 0 Å². The van der Waals surface area contributed by atoms with E-state index < -0.39 is 29.7 Å². The lowest BCUT2D eigenvalue weighted by Gasteiger charge is -2.28. The zero-order valence-electron chi connectivity index (χ0n) is 17.5. The van der Waals surface area contributed by atoms with Gasteiger partial charge in [-0.05, 0) is 56.3 Å². The van der Waals surface area contributed by atoms with E-state index in [0.717, 1.165) is 23.6 Å². The number of likely N-dealkylation sites (N-methyl/N-ethyl adjacent to an activating group) is 1. The number of nitrogens with zero attached hydrogens (tertiary/aromatic N) is 2. The molecule has 2 aromatic carbocycles. The fraction of sp³-hybridized carbons (Fsp3) is 0.304. The number of nitrogens with one attached hydrogen (secondary N) is 2. The van der Waals surface area contributed by atoms with Crippen LogP contribution in [0.1, 0.15) is 39.1 Å². The number of hydrogen-bond acceptors (Lipinski definition) is 6. The van der Waals surface area contributed by atoms with Crippen molar-refractivity contribution in [2.45, 2.75) is 25.3 Å². The van der Waals surface area contributed by atoms with Crippen LogP contribution in [0.5, 0.6) is 0 Å². The predicted molar refractivity (Wildman–Crippen MR) is 115 cm³/mol. The molecule has 2 heterocycles. The molecular formula is C23H24N4O4. The number of carbonyl (C=O) groups excluding carboxylic acids is 4. The maximum atomic E-state index is 13.3. The quantitative estimate of drug-likeness (QED) is 0.689. The molecule has 1 atom stereocenters. The molecule has 1 saturated heterocycles. The van der Waals surface area contributed by atoms with Crippen LogP contribution in [0, 0.1) is 0 Å². The average molecular weight is 420 g/mol. The largest absolute Gasteiger partial charge is 0.344 e. The third-order valence-corrected chi connectivity index (χ3v) is 5.79. The first kappa shape index (κ1) is 20.7. The highest BCUT2D eigenvalue weighted by Crippen LogP contribution is 2.36. The molecule has 0 aliphatic carbocycles. The number of benzene rings is 2. The summed E-state index contributed by atoms with van der Waals surface area (Å²) in [7, 11) is 3.75. The summed E-state index contributed by atoms with van der Waals surface area (Å²) in [5.41, 5.74) is 3.21. The van der Waals surface area contributed by atoms with Crippen LogP contribution in [0.4, 0.5) is 11.4 Å². The molecular weight excluding hydrogens is 396 g/mol. The van der Waals surface area contributed by atoms with E-state index in [-0.39, 0.29) is 24.0 Å². The van der Waals surface area contributed by atoms with Crippen LogP contribution in [-0.4, -0.2) is 55.2 Å². The van der Waals surface area contributed by atoms with Gasteiger partial charge in [0.25, 0.3) is 11.8 Å². The number of piperidine rings is 1. The standard InChI is InChI=1S/C23H24N4O4/c1-24-13-12-14-6-8-15(9-7-14)26(2)17-5-3-4-16-20(17)23(31)27(22(16)30)18-10-11-19(28)25-21(18)29/h3-9,18,24H,10-13H2,1-2H3,(H,25,28,29). The van der Waals surface area contributed by atoms with E-state index in [1.807, 2.05) is 43.3 Å². The maximum Gasteiger partial charge on any atom is 0.264 e. The van der Waals surface area contributed by atoms with Crippen LogP contribution < -0.4 is 15.5 Å². The molecule has 0 radical (unpaired) electrons. The van der Waals surface area contributed by atoms with E-state index in [1.165, 1.54) is 5.56 Å². The van der Waals surface area contributed by atoms with Crippen molar-refractivity contribution in [3.05, 3.63) is 59.2 Å². The number of carbonyl (C=O) groups is 4. The minimum Gasteiger partial charge on any atom is -0.344 e. The lowest BCUT2D eigenvalue weighted by atomic mass is 10.0. The third-order valence-electron chi connectivity index (χ3n) is 5.79. The summed E-state index contributed by atoms with van der Waals surface area (Å²) in [6, 6.07) is 12.2. The highest BCUT2D eigenvalue weighted by atomic mass is 16.2. The summed E-state index contributed by atoms with van der Waals surface area (Å²) in [5.74, 6) is -2.02. The first-order valence-electron chi connectivity index (χ1n) is 10.2. The van der Waals surface area contributed by atoms with Crippen molar-refractivity contribution in [3.8, 4) is 0 Å². The molecule has 1 fully saturated rings. The monoisotopic (exact) mass is 420 g/mol. The number of rotatable bonds is 6. The molecule has 2 aromatic rings. The molecule has 0 saturated carbocycles. The van der Waals surface area contributed by atoms with E-state index >= 15 is 0 Å². The van der Waals surface area contributed by atoms with Gasteiger partial charge in [0.05, 0.1) is 16.8 Å². The molecule has 2 N–H and O–H groups in total. The summed E-state index contributed by atoms with van der Waals surface area (Å²) < 4.78 is 0. The zero-order valence-corrected chi connectivity index (χ0v) is 17.5. The van der Waals surface area contributed by atoms with Crippen molar-refractivity contribution in [3.63, 3.8) is 0 Å². The van der Waals surface area contributed by atoms with Gasteiger partial charge in [-0.2, -0.15) is 0 Å². The Balaban J connectivity index is 1.64. The Bertz CT molecular complexity index is 1060. The number of fused-ring (bicyclic) bond motifs is 1. The van der Waals surface area contributed by atoms with Crippen molar-refractivity contribution >= 4 is 35.0 Å². The predicted octanol–water partition coefficient (Wildman–Crippen LogP) is 1.62. The van der Waals surface area contributed by atoms with E-state index in [2.05, 4.69) is 10.6 Å². The number of imide groups is 2. The van der Waals surface area contributed by atoms with E-state index in [9.17, 15) is 19.2 Å². The van der Waals surface area contributed by atoms with Crippen molar-refractivity contribution in [1.29, 1.82) is 0 Å². The Labute approximate surface area is 180 Å². The van der Waals surface area contributed by atoms with Crippen LogP contribution in [0.3, 0.4) is 0 Å². The number of anilines is 2. The summed E-state index contributed by atoms with van der Waals surface area (Å²) in [4.78, 5) is 52.9. The van der Waals surface area contributed by atoms with Crippen LogP contribution in [0.25, 0.3) is 0 Å². The smallest absolute Gasteiger partial charge is 0.264 e. The summed E-state index contributed by atoms with van der Waals surface area (Å²) >= 11 is 0. The lowest BCUT2D eigenvalue weighted by molar-refractivity contribution is -0.136. The van der Waals surface area contributed by atoms with Crippen molar-refractivity contribution < 1.29 is 19.2 Å². The van der Waals surface area contributed by atoms with Crippen LogP contribution in [0.15, 0.2) is 42.5 Å². The van der Waals surface area contributed by atoms with Gasteiger partial charge in [0.15, 0.2) is 0 Å². The number of hydrogen-bond donors (Lipinski definition) is 2. The lowest BCUT2D eigenvalue weighted by Crippen LogP contribution is -2.54. The SMILES string of the molecule is CNCCc1ccc(N(C)c2cccc3c2C(=O)N(C2CCC(=O)NC2=O)C3=O)cc1. The van der Waals surface area contributed by atoms with Gasteiger partial charge < -0.3 is 10.2 Å². The van der Waals surface area contributed by atoms with Gasteiger partial charge in [0.1, 0.15) is 6.04 Å². The Morgan fingerprint density at radius 1 is 1.06 bits per heavy atom. The van der Waals surface area contributed by atoms with E-state index in [4.69, 9.17) is 0 Å². The fourth-order valence-electron chi connectivity index (χ4n) is 4.07. The normalized spacial score (nSPS) is 18.3. The van der Waals surface area contributed by atoms with Gasteiger partial charge in [-0.3, -0.25) is 29.4 Å². The summed E-state index contributed by atoms with van der Waals surface area (Å²) in [5, 5.41) is 5.34. The zero-order chi connectivity index (χ0) is 22.1. The first-order chi connectivity index (χ1) is 14.9. The van der Waals surface area contributed by atoms with Crippen molar-refractivity contribution in [1.82, 2.24) is 15.5 Å². The Morgan fingerprint density at radius 3 is 2.48 bits per heavy atom. The molecule has 8 nitrogen and oxygen atoms in total. The first-order valence-corrected chi connectivity index (χ1v) is 10.2. The molecule has 0 spiro atoms. The minimum absolute atomic E-state index is 0.0937. The molecule has 2 aliphatic rings. The molecule has 0 aromatic heterocycles. The van der Waals surface area contributed by atoms with Crippen LogP contribution in [-0.2, 0) is 16.0 Å². The summed E-state index contributed by atoms with van der Waals surface area (Å²) in [6.07, 6.45) is 1.14. The third kappa shape index (κ3) is 3.70. The fourth-order valence-corrected chi connectivity index (χ4v) is 4.07. The van der Waals surface area contributed by atoms with Crippen LogP contribution in [0.2, 0.25) is 0 Å². The molecule has 2 aliphatic heterocycles. The average Bonchev–Trinajstić information content (AvgIpc) is 3.03. The molecule has 31 heavy (non-hydrogen) atoms. The molecule has 0 bridgehead atoms. The molecule has 1 unspecified atom stereocenters. The second-order valence-electron chi connectivity index (χ2n) is 7.73. The van der Waals surface area contributed by atoms with Gasteiger partial charge in [-0.1, -0.05) is 18.2 Å². The van der Waals surface area contributed by atoms with E-state index in [1.54, 1.807) is 18.2 Å². The number of amides is 4. The highest BCUT2D eigenvalue weighted by molar-refractivity contribution is 6.25. The van der Waals surface area contributed by atoms with Gasteiger partial charge in [-0.25, -0.2) is 0 Å². The Morgan fingerprint density at radius 2 is 1.81 bits per heavy atom. The summed E-state index contributed by atoms with van der Waals surface area (Å²) in [6.45, 7) is 0.883. The molecule has 8 heteroatoms. The molecule has 4 amide bonds. The maximum absolute atomic E-state index is 13.3. The molecule has 4 rings (SSSR count). The minimum atomic E-state index is -0.977. The van der Waals surface area contributed by atoms with Gasteiger partial charge in [0.2, 0.25) is 11.8 Å². The highest BCUT2D eigenvalue weighted by Gasteiger charge is 2.45. The second kappa shape index (κ2) is 8.31. The molecule has 160 valence electrons. The van der Waals surface area contributed by atoms with Gasteiger partial charge in [0, 0.05) is 19.2 Å².